The minimum atomic E-state index is -0.224. The third kappa shape index (κ3) is 7.29. The van der Waals surface area contributed by atoms with Crippen molar-refractivity contribution in [1.29, 1.82) is 0 Å². The number of terminal acetylenes is 1. The third-order valence-corrected chi connectivity index (χ3v) is 6.34. The molecule has 1 aromatic heterocycles. The summed E-state index contributed by atoms with van der Waals surface area (Å²) in [7, 11) is 6.05. The molecule has 0 atom stereocenters. The molecule has 2 N–H and O–H groups in total. The van der Waals surface area contributed by atoms with E-state index < -0.39 is 0 Å². The van der Waals surface area contributed by atoms with Crippen LogP contribution in [0.15, 0.2) is 54.9 Å². The number of nitrogens with zero attached hydrogens (tertiary/aromatic N) is 4. The van der Waals surface area contributed by atoms with Crippen LogP contribution in [0.25, 0.3) is 10.9 Å². The van der Waals surface area contributed by atoms with E-state index in [1.54, 1.807) is 0 Å². The monoisotopic (exact) mass is 498 g/mol. The van der Waals surface area contributed by atoms with Crippen LogP contribution in [0.1, 0.15) is 18.4 Å². The van der Waals surface area contributed by atoms with Crippen molar-refractivity contribution in [3.05, 3.63) is 60.4 Å². The summed E-state index contributed by atoms with van der Waals surface area (Å²) in [6, 6.07) is 11.3. The maximum absolute atomic E-state index is 12.7. The number of amides is 1. The van der Waals surface area contributed by atoms with Gasteiger partial charge in [-0.2, -0.15) is 0 Å². The number of likely N-dealkylation sites (N-methyl/N-ethyl adjacent to an activating group) is 1. The van der Waals surface area contributed by atoms with E-state index in [-0.39, 0.29) is 5.91 Å². The number of likely N-dealkylation sites (tertiary alicyclic amines) is 1. The number of carbonyl (C=O) groups excluding carboxylic acids is 1. The number of aromatic nitrogens is 2. The van der Waals surface area contributed by atoms with Gasteiger partial charge in [0.15, 0.2) is 0 Å². The first kappa shape index (κ1) is 26.1. The molecule has 8 nitrogen and oxygen atoms in total. The fourth-order valence-electron chi connectivity index (χ4n) is 4.21. The molecule has 0 radical (unpaired) electrons. The summed E-state index contributed by atoms with van der Waals surface area (Å²) < 4.78 is 6.28. The zero-order chi connectivity index (χ0) is 26.2. The summed E-state index contributed by atoms with van der Waals surface area (Å²) in [6.07, 6.45) is 12.6. The first-order valence-electron chi connectivity index (χ1n) is 12.5. The number of anilines is 3. The molecule has 0 spiro atoms. The highest BCUT2D eigenvalue weighted by Gasteiger charge is 2.19. The normalized spacial score (nSPS) is 14.7. The molecule has 1 aliphatic rings. The Bertz CT molecular complexity index is 1310. The van der Waals surface area contributed by atoms with Gasteiger partial charge in [0.05, 0.1) is 17.8 Å². The number of rotatable bonds is 9. The van der Waals surface area contributed by atoms with E-state index in [1.807, 2.05) is 61.5 Å². The topological polar surface area (TPSA) is 82.6 Å². The summed E-state index contributed by atoms with van der Waals surface area (Å²) in [4.78, 5) is 26.0. The van der Waals surface area contributed by atoms with E-state index in [9.17, 15) is 4.79 Å². The van der Waals surface area contributed by atoms with Crippen molar-refractivity contribution in [1.82, 2.24) is 19.8 Å². The highest BCUT2D eigenvalue weighted by Crippen LogP contribution is 2.34. The second-order valence-corrected chi connectivity index (χ2v) is 9.65. The highest BCUT2D eigenvalue weighted by atomic mass is 16.5. The zero-order valence-electron chi connectivity index (χ0n) is 21.7. The molecule has 1 fully saturated rings. The number of hydrogen-bond donors (Lipinski definition) is 2. The molecule has 1 aliphatic heterocycles. The van der Waals surface area contributed by atoms with Crippen molar-refractivity contribution >= 4 is 34.0 Å². The summed E-state index contributed by atoms with van der Waals surface area (Å²) in [5.41, 5.74) is 2.88. The fraction of sp³-hybridized carbons (Fsp3) is 0.345. The summed E-state index contributed by atoms with van der Waals surface area (Å²) in [6.45, 7) is 3.39. The van der Waals surface area contributed by atoms with Crippen LogP contribution >= 0.6 is 0 Å². The van der Waals surface area contributed by atoms with Gasteiger partial charge < -0.3 is 25.2 Å². The number of benzene rings is 2. The first-order chi connectivity index (χ1) is 17.9. The number of fused-ring (bicyclic) bond motifs is 1. The standard InChI is InChI=1S/C29H34N6O2/c1-5-21-8-6-9-23(16-21)32-29-24-17-26(33-28(36)10-7-13-34(2)3)27(18-25(24)30-20-31-29)37-19-22-11-14-35(4)15-12-22/h1,6-10,16-18,20,22H,11-15,19H2,2-4H3,(H,33,36)(H,30,31,32)/b10-7+. The van der Waals surface area contributed by atoms with E-state index in [0.717, 1.165) is 42.6 Å². The molecule has 192 valence electrons. The minimum Gasteiger partial charge on any atom is -0.491 e. The number of ether oxygens (including phenoxy) is 1. The average Bonchev–Trinajstić information content (AvgIpc) is 2.88. The molecule has 0 aliphatic carbocycles. The minimum absolute atomic E-state index is 0.224. The van der Waals surface area contributed by atoms with Gasteiger partial charge in [-0.3, -0.25) is 4.79 Å². The van der Waals surface area contributed by atoms with E-state index in [4.69, 9.17) is 11.2 Å². The summed E-state index contributed by atoms with van der Waals surface area (Å²) >= 11 is 0. The van der Waals surface area contributed by atoms with Gasteiger partial charge in [0.2, 0.25) is 5.91 Å². The Labute approximate surface area is 218 Å². The quantitative estimate of drug-likeness (QED) is 0.339. The number of nitrogens with one attached hydrogen (secondary N) is 2. The lowest BCUT2D eigenvalue weighted by Gasteiger charge is -2.29. The highest BCUT2D eigenvalue weighted by molar-refractivity contribution is 6.03. The lowest BCUT2D eigenvalue weighted by Crippen LogP contribution is -2.32. The van der Waals surface area contributed by atoms with Crippen LogP contribution in [0.2, 0.25) is 0 Å². The van der Waals surface area contributed by atoms with Crippen LogP contribution in [0.4, 0.5) is 17.2 Å². The van der Waals surface area contributed by atoms with Crippen molar-refractivity contribution in [3.8, 4) is 18.1 Å². The Hall–Kier alpha value is -3.93. The number of hydrogen-bond acceptors (Lipinski definition) is 7. The van der Waals surface area contributed by atoms with Crippen LogP contribution in [0.5, 0.6) is 5.75 Å². The van der Waals surface area contributed by atoms with Crippen LogP contribution in [-0.2, 0) is 4.79 Å². The van der Waals surface area contributed by atoms with E-state index in [1.165, 1.54) is 12.4 Å². The molecule has 0 saturated carbocycles. The second kappa shape index (κ2) is 12.3. The molecule has 0 unspecified atom stereocenters. The van der Waals surface area contributed by atoms with Crippen LogP contribution < -0.4 is 15.4 Å². The van der Waals surface area contributed by atoms with Gasteiger partial charge in [-0.05, 0) is 77.3 Å². The predicted molar refractivity (Wildman–Crippen MR) is 149 cm³/mol. The van der Waals surface area contributed by atoms with Crippen molar-refractivity contribution in [2.24, 2.45) is 5.92 Å². The Kier molecular flexibility index (Phi) is 8.72. The van der Waals surface area contributed by atoms with Gasteiger partial charge in [0.1, 0.15) is 17.9 Å². The largest absolute Gasteiger partial charge is 0.491 e. The van der Waals surface area contributed by atoms with Crippen LogP contribution in [-0.4, -0.2) is 73.1 Å². The number of carbonyl (C=O) groups is 1. The number of piperidine rings is 1. The molecule has 1 saturated heterocycles. The molecular formula is C29H34N6O2. The average molecular weight is 499 g/mol. The van der Waals surface area contributed by atoms with Gasteiger partial charge in [0.25, 0.3) is 0 Å². The summed E-state index contributed by atoms with van der Waals surface area (Å²) in [5, 5.41) is 7.08. The van der Waals surface area contributed by atoms with Gasteiger partial charge in [-0.15, -0.1) is 6.42 Å². The molecule has 8 heteroatoms. The lowest BCUT2D eigenvalue weighted by molar-refractivity contribution is -0.111. The van der Waals surface area contributed by atoms with E-state index in [0.29, 0.717) is 41.8 Å². The fourth-order valence-corrected chi connectivity index (χ4v) is 4.21. The molecule has 2 aromatic carbocycles. The molecule has 2 heterocycles. The maximum Gasteiger partial charge on any atom is 0.248 e. The predicted octanol–water partition coefficient (Wildman–Crippen LogP) is 4.13. The Balaban J connectivity index is 1.63. The Morgan fingerprint density at radius 2 is 2.05 bits per heavy atom. The molecule has 0 bridgehead atoms. The summed E-state index contributed by atoms with van der Waals surface area (Å²) in [5.74, 6) is 4.10. The molecule has 1 amide bonds. The molecule has 3 aromatic rings. The zero-order valence-corrected chi connectivity index (χ0v) is 21.7. The van der Waals surface area contributed by atoms with E-state index >= 15 is 0 Å². The first-order valence-corrected chi connectivity index (χ1v) is 12.5. The van der Waals surface area contributed by atoms with Crippen molar-refractivity contribution < 1.29 is 9.53 Å². The van der Waals surface area contributed by atoms with Crippen molar-refractivity contribution in [2.75, 3.05) is 58.0 Å². The van der Waals surface area contributed by atoms with Gasteiger partial charge in [0, 0.05) is 35.3 Å². The Morgan fingerprint density at radius 1 is 1.24 bits per heavy atom. The van der Waals surface area contributed by atoms with Gasteiger partial charge >= 0.3 is 0 Å². The van der Waals surface area contributed by atoms with Crippen molar-refractivity contribution in [2.45, 2.75) is 12.8 Å². The molecule has 4 rings (SSSR count). The van der Waals surface area contributed by atoms with E-state index in [2.05, 4.69) is 38.5 Å². The second-order valence-electron chi connectivity index (χ2n) is 9.65. The van der Waals surface area contributed by atoms with Crippen LogP contribution in [0, 0.1) is 18.3 Å². The molecule has 37 heavy (non-hydrogen) atoms. The SMILES string of the molecule is C#Cc1cccc(Nc2ncnc3cc(OCC4CCN(C)CC4)c(NC(=O)/C=C/CN(C)C)cc23)c1. The lowest BCUT2D eigenvalue weighted by atomic mass is 9.98. The third-order valence-electron chi connectivity index (χ3n) is 6.34. The smallest absolute Gasteiger partial charge is 0.248 e. The molecular weight excluding hydrogens is 464 g/mol. The Morgan fingerprint density at radius 3 is 2.81 bits per heavy atom. The van der Waals surface area contributed by atoms with Crippen molar-refractivity contribution in [3.63, 3.8) is 0 Å². The van der Waals surface area contributed by atoms with Gasteiger partial charge in [-0.25, -0.2) is 9.97 Å². The van der Waals surface area contributed by atoms with Gasteiger partial charge in [-0.1, -0.05) is 18.1 Å². The maximum atomic E-state index is 12.7. The van der Waals surface area contributed by atoms with Crippen LogP contribution in [0.3, 0.4) is 0 Å².